The second-order valence-corrected chi connectivity index (χ2v) is 4.99. The Bertz CT molecular complexity index is 428. The molecule has 0 radical (unpaired) electrons. The number of rotatable bonds is 5. The van der Waals surface area contributed by atoms with Crippen LogP contribution in [0, 0.1) is 10.1 Å². The van der Waals surface area contributed by atoms with Gasteiger partial charge < -0.3 is 10.5 Å². The van der Waals surface area contributed by atoms with Gasteiger partial charge in [0, 0.05) is 17.7 Å². The molecule has 5 nitrogen and oxygen atoms in total. The standard InChI is InChI=1S/C13H18N2O3/c14-13(6-1-2-7-13)10-18-9-11-4-3-5-12(8-11)15(16)17/h3-5,8H,1-2,6-7,9-10,14H2. The summed E-state index contributed by atoms with van der Waals surface area (Å²) in [5.41, 5.74) is 6.88. The molecular weight excluding hydrogens is 232 g/mol. The van der Waals surface area contributed by atoms with E-state index in [2.05, 4.69) is 0 Å². The first-order chi connectivity index (χ1) is 8.59. The second kappa shape index (κ2) is 5.46. The first-order valence-electron chi connectivity index (χ1n) is 6.19. The van der Waals surface area contributed by atoms with E-state index >= 15 is 0 Å². The summed E-state index contributed by atoms with van der Waals surface area (Å²) >= 11 is 0. The average Bonchev–Trinajstić information content (AvgIpc) is 2.77. The van der Waals surface area contributed by atoms with E-state index in [1.165, 1.54) is 12.1 Å². The van der Waals surface area contributed by atoms with E-state index in [1.54, 1.807) is 6.07 Å². The minimum absolute atomic E-state index is 0.0967. The molecule has 0 atom stereocenters. The van der Waals surface area contributed by atoms with Gasteiger partial charge in [-0.3, -0.25) is 10.1 Å². The fourth-order valence-corrected chi connectivity index (χ4v) is 2.36. The van der Waals surface area contributed by atoms with Crippen LogP contribution in [0.1, 0.15) is 31.2 Å². The molecule has 0 aromatic heterocycles. The van der Waals surface area contributed by atoms with Gasteiger partial charge in [0.05, 0.1) is 18.1 Å². The first-order valence-corrected chi connectivity index (χ1v) is 6.19. The lowest BCUT2D eigenvalue weighted by molar-refractivity contribution is -0.384. The molecule has 0 heterocycles. The van der Waals surface area contributed by atoms with Crippen molar-refractivity contribution in [1.29, 1.82) is 0 Å². The van der Waals surface area contributed by atoms with Gasteiger partial charge in [-0.2, -0.15) is 0 Å². The van der Waals surface area contributed by atoms with E-state index < -0.39 is 4.92 Å². The van der Waals surface area contributed by atoms with Crippen LogP contribution in [0.4, 0.5) is 5.69 Å². The van der Waals surface area contributed by atoms with Crippen molar-refractivity contribution in [2.45, 2.75) is 37.8 Å². The number of hydrogen-bond acceptors (Lipinski definition) is 4. The Morgan fingerprint density at radius 1 is 1.39 bits per heavy atom. The highest BCUT2D eigenvalue weighted by molar-refractivity contribution is 5.33. The van der Waals surface area contributed by atoms with Gasteiger partial charge in [-0.05, 0) is 18.4 Å². The largest absolute Gasteiger partial charge is 0.375 e. The molecule has 5 heteroatoms. The third-order valence-corrected chi connectivity index (χ3v) is 3.38. The van der Waals surface area contributed by atoms with Gasteiger partial charge in [0.15, 0.2) is 0 Å². The molecule has 18 heavy (non-hydrogen) atoms. The summed E-state index contributed by atoms with van der Waals surface area (Å²) in [6, 6.07) is 6.51. The zero-order valence-electron chi connectivity index (χ0n) is 10.3. The molecular formula is C13H18N2O3. The molecule has 2 N–H and O–H groups in total. The van der Waals surface area contributed by atoms with Crippen LogP contribution in [-0.4, -0.2) is 17.1 Å². The minimum atomic E-state index is -0.398. The van der Waals surface area contributed by atoms with Gasteiger partial charge in [-0.15, -0.1) is 0 Å². The molecule has 0 spiro atoms. The number of nitro groups is 1. The molecule has 0 bridgehead atoms. The van der Waals surface area contributed by atoms with E-state index in [4.69, 9.17) is 10.5 Å². The molecule has 98 valence electrons. The first kappa shape index (κ1) is 13.0. The molecule has 2 rings (SSSR count). The Hall–Kier alpha value is -1.46. The molecule has 0 amide bonds. The van der Waals surface area contributed by atoms with Crippen LogP contribution in [0.5, 0.6) is 0 Å². The predicted molar refractivity (Wildman–Crippen MR) is 68.1 cm³/mol. The molecule has 1 saturated carbocycles. The van der Waals surface area contributed by atoms with E-state index in [-0.39, 0.29) is 11.2 Å². The van der Waals surface area contributed by atoms with E-state index in [9.17, 15) is 10.1 Å². The van der Waals surface area contributed by atoms with Crippen molar-refractivity contribution >= 4 is 5.69 Å². The highest BCUT2D eigenvalue weighted by Gasteiger charge is 2.29. The normalized spacial score (nSPS) is 17.8. The van der Waals surface area contributed by atoms with Crippen molar-refractivity contribution in [1.82, 2.24) is 0 Å². The summed E-state index contributed by atoms with van der Waals surface area (Å²) < 4.78 is 5.59. The van der Waals surface area contributed by atoms with Crippen molar-refractivity contribution in [3.05, 3.63) is 39.9 Å². The number of nitrogens with zero attached hydrogens (tertiary/aromatic N) is 1. The highest BCUT2D eigenvalue weighted by atomic mass is 16.6. The summed E-state index contributed by atoms with van der Waals surface area (Å²) in [4.78, 5) is 10.2. The van der Waals surface area contributed by atoms with Crippen molar-refractivity contribution < 1.29 is 9.66 Å². The zero-order chi connectivity index (χ0) is 13.0. The quantitative estimate of drug-likeness (QED) is 0.642. The smallest absolute Gasteiger partial charge is 0.269 e. The van der Waals surface area contributed by atoms with E-state index in [0.29, 0.717) is 13.2 Å². The van der Waals surface area contributed by atoms with Crippen LogP contribution in [0.3, 0.4) is 0 Å². The van der Waals surface area contributed by atoms with Crippen molar-refractivity contribution in [2.75, 3.05) is 6.61 Å². The maximum Gasteiger partial charge on any atom is 0.269 e. The maximum atomic E-state index is 10.6. The Labute approximate surface area is 106 Å². The van der Waals surface area contributed by atoms with Crippen molar-refractivity contribution in [3.63, 3.8) is 0 Å². The van der Waals surface area contributed by atoms with Crippen LogP contribution in [0.2, 0.25) is 0 Å². The van der Waals surface area contributed by atoms with Crippen LogP contribution in [-0.2, 0) is 11.3 Å². The van der Waals surface area contributed by atoms with Crippen molar-refractivity contribution in [2.24, 2.45) is 5.73 Å². The Morgan fingerprint density at radius 2 is 2.11 bits per heavy atom. The summed E-state index contributed by atoms with van der Waals surface area (Å²) in [6.45, 7) is 0.899. The lowest BCUT2D eigenvalue weighted by Crippen LogP contribution is -2.41. The molecule has 1 aliphatic carbocycles. The summed E-state index contributed by atoms with van der Waals surface area (Å²) in [7, 11) is 0. The van der Waals surface area contributed by atoms with E-state index in [1.807, 2.05) is 6.07 Å². The molecule has 0 unspecified atom stereocenters. The van der Waals surface area contributed by atoms with Crippen molar-refractivity contribution in [3.8, 4) is 0 Å². The van der Waals surface area contributed by atoms with Gasteiger partial charge in [0.1, 0.15) is 0 Å². The zero-order valence-corrected chi connectivity index (χ0v) is 10.3. The number of nitro benzene ring substituents is 1. The fourth-order valence-electron chi connectivity index (χ4n) is 2.36. The third-order valence-electron chi connectivity index (χ3n) is 3.38. The fraction of sp³-hybridized carbons (Fsp3) is 0.538. The number of ether oxygens (including phenoxy) is 1. The summed E-state index contributed by atoms with van der Waals surface area (Å²) in [5, 5.41) is 10.6. The number of hydrogen-bond donors (Lipinski definition) is 1. The Balaban J connectivity index is 1.86. The third kappa shape index (κ3) is 3.27. The summed E-state index contributed by atoms with van der Waals surface area (Å²) in [6.07, 6.45) is 4.33. The van der Waals surface area contributed by atoms with Gasteiger partial charge >= 0.3 is 0 Å². The monoisotopic (exact) mass is 250 g/mol. The van der Waals surface area contributed by atoms with Crippen LogP contribution in [0.15, 0.2) is 24.3 Å². The average molecular weight is 250 g/mol. The molecule has 0 aliphatic heterocycles. The molecule has 0 saturated heterocycles. The van der Waals surface area contributed by atoms with E-state index in [0.717, 1.165) is 31.2 Å². The lowest BCUT2D eigenvalue weighted by atomic mass is 10.0. The van der Waals surface area contributed by atoms with Gasteiger partial charge in [0.25, 0.3) is 5.69 Å². The predicted octanol–water partition coefficient (Wildman–Crippen LogP) is 2.38. The molecule has 1 fully saturated rings. The van der Waals surface area contributed by atoms with Crippen LogP contribution >= 0.6 is 0 Å². The van der Waals surface area contributed by atoms with Gasteiger partial charge in [0.2, 0.25) is 0 Å². The van der Waals surface area contributed by atoms with Gasteiger partial charge in [-0.1, -0.05) is 25.0 Å². The topological polar surface area (TPSA) is 78.4 Å². The molecule has 1 aromatic carbocycles. The van der Waals surface area contributed by atoms with Gasteiger partial charge in [-0.25, -0.2) is 0 Å². The Morgan fingerprint density at radius 3 is 2.78 bits per heavy atom. The molecule has 1 aromatic rings. The van der Waals surface area contributed by atoms with Crippen LogP contribution in [0.25, 0.3) is 0 Å². The molecule has 1 aliphatic rings. The number of nitrogens with two attached hydrogens (primary N) is 1. The highest BCUT2D eigenvalue weighted by Crippen LogP contribution is 2.27. The van der Waals surface area contributed by atoms with Crippen LogP contribution < -0.4 is 5.73 Å². The maximum absolute atomic E-state index is 10.6. The lowest BCUT2D eigenvalue weighted by Gasteiger charge is -2.23. The summed E-state index contributed by atoms with van der Waals surface area (Å²) in [5.74, 6) is 0. The minimum Gasteiger partial charge on any atom is -0.375 e. The second-order valence-electron chi connectivity index (χ2n) is 4.99. The number of benzene rings is 1. The SMILES string of the molecule is NC1(COCc2cccc([N+](=O)[O-])c2)CCCC1. The number of non-ortho nitro benzene ring substituents is 1. The Kier molecular flexibility index (Phi) is 3.93.